The molecule has 4 heteroatoms. The Morgan fingerprint density at radius 3 is 2.60 bits per heavy atom. The number of amides is 1. The summed E-state index contributed by atoms with van der Waals surface area (Å²) in [5.74, 6) is 0.0247. The lowest BCUT2D eigenvalue weighted by Crippen LogP contribution is -2.34. The Labute approximate surface area is 128 Å². The van der Waals surface area contributed by atoms with Gasteiger partial charge < -0.3 is 10.6 Å². The molecular formula is C16H27ClN2O. The number of halogens is 1. The average molecular weight is 299 g/mol. The molecule has 0 aromatic heterocycles. The number of para-hydroxylation sites is 1. The number of nitrogens with one attached hydrogen (secondary N) is 2. The van der Waals surface area contributed by atoms with Gasteiger partial charge in [-0.1, -0.05) is 44.4 Å². The van der Waals surface area contributed by atoms with Crippen LogP contribution in [0.1, 0.15) is 45.1 Å². The van der Waals surface area contributed by atoms with Crippen molar-refractivity contribution in [1.29, 1.82) is 0 Å². The number of rotatable bonds is 8. The number of carbonyl (C=O) groups is 1. The standard InChI is InChI=1S/C16H26N2O.ClH/c1-4-5-6-10-14(3)17-12-16(19)18-15-11-8-7-9-13(15)2;/h7-9,11,14,17H,4-6,10,12H2,1-3H3,(H,18,19);1H. The highest BCUT2D eigenvalue weighted by atomic mass is 35.5. The Hall–Kier alpha value is -1.06. The van der Waals surface area contributed by atoms with Crippen molar-refractivity contribution >= 4 is 24.0 Å². The summed E-state index contributed by atoms with van der Waals surface area (Å²) in [6, 6.07) is 8.23. The van der Waals surface area contributed by atoms with Crippen LogP contribution in [0.15, 0.2) is 24.3 Å². The van der Waals surface area contributed by atoms with E-state index in [0.717, 1.165) is 17.7 Å². The van der Waals surface area contributed by atoms with Crippen LogP contribution in [0, 0.1) is 6.92 Å². The summed E-state index contributed by atoms with van der Waals surface area (Å²) in [4.78, 5) is 11.8. The molecule has 0 spiro atoms. The quantitative estimate of drug-likeness (QED) is 0.714. The van der Waals surface area contributed by atoms with Crippen LogP contribution in [0.5, 0.6) is 0 Å². The molecule has 0 saturated carbocycles. The van der Waals surface area contributed by atoms with Crippen molar-refractivity contribution in [3.05, 3.63) is 29.8 Å². The van der Waals surface area contributed by atoms with Crippen LogP contribution in [0.3, 0.4) is 0 Å². The van der Waals surface area contributed by atoms with Gasteiger partial charge in [0.25, 0.3) is 0 Å². The molecule has 1 aromatic rings. The van der Waals surface area contributed by atoms with Crippen molar-refractivity contribution in [2.24, 2.45) is 0 Å². The van der Waals surface area contributed by atoms with Crippen LogP contribution in [0.2, 0.25) is 0 Å². The van der Waals surface area contributed by atoms with Gasteiger partial charge in [-0.2, -0.15) is 0 Å². The van der Waals surface area contributed by atoms with Gasteiger partial charge in [-0.15, -0.1) is 12.4 Å². The first-order valence-corrected chi connectivity index (χ1v) is 7.22. The fraction of sp³-hybridized carbons (Fsp3) is 0.562. The Morgan fingerprint density at radius 2 is 1.95 bits per heavy atom. The van der Waals surface area contributed by atoms with Crippen LogP contribution in [-0.2, 0) is 4.79 Å². The second kappa shape index (κ2) is 10.7. The van der Waals surface area contributed by atoms with Crippen LogP contribution in [0.4, 0.5) is 5.69 Å². The van der Waals surface area contributed by atoms with E-state index in [0.29, 0.717) is 12.6 Å². The predicted octanol–water partition coefficient (Wildman–Crippen LogP) is 3.91. The summed E-state index contributed by atoms with van der Waals surface area (Å²) in [7, 11) is 0. The number of anilines is 1. The lowest BCUT2D eigenvalue weighted by molar-refractivity contribution is -0.115. The molecule has 20 heavy (non-hydrogen) atoms. The maximum atomic E-state index is 11.8. The third-order valence-electron chi connectivity index (χ3n) is 3.27. The first kappa shape index (κ1) is 18.9. The van der Waals surface area contributed by atoms with Crippen LogP contribution >= 0.6 is 12.4 Å². The molecule has 1 atom stereocenters. The minimum Gasteiger partial charge on any atom is -0.325 e. The molecule has 114 valence electrons. The number of aryl methyl sites for hydroxylation is 1. The van der Waals surface area contributed by atoms with E-state index in [1.54, 1.807) is 0 Å². The fourth-order valence-corrected chi connectivity index (χ4v) is 1.98. The first-order chi connectivity index (χ1) is 9.13. The summed E-state index contributed by atoms with van der Waals surface area (Å²) in [6.07, 6.45) is 4.86. The van der Waals surface area contributed by atoms with Gasteiger partial charge in [0.15, 0.2) is 0 Å². The Bertz CT molecular complexity index is 396. The van der Waals surface area contributed by atoms with Gasteiger partial charge in [0, 0.05) is 11.7 Å². The molecule has 1 amide bonds. The Morgan fingerprint density at radius 1 is 1.25 bits per heavy atom. The maximum absolute atomic E-state index is 11.8. The van der Waals surface area contributed by atoms with Crippen molar-refractivity contribution in [2.45, 2.75) is 52.5 Å². The minimum atomic E-state index is 0. The smallest absolute Gasteiger partial charge is 0.238 e. The van der Waals surface area contributed by atoms with Gasteiger partial charge in [-0.25, -0.2) is 0 Å². The van der Waals surface area contributed by atoms with E-state index >= 15 is 0 Å². The molecule has 0 fully saturated rings. The van der Waals surface area contributed by atoms with Crippen molar-refractivity contribution in [2.75, 3.05) is 11.9 Å². The zero-order chi connectivity index (χ0) is 14.1. The van der Waals surface area contributed by atoms with E-state index in [2.05, 4.69) is 24.5 Å². The molecule has 3 nitrogen and oxygen atoms in total. The molecule has 0 bridgehead atoms. The second-order valence-electron chi connectivity index (χ2n) is 5.14. The molecule has 1 rings (SSSR count). The van der Waals surface area contributed by atoms with E-state index < -0.39 is 0 Å². The van der Waals surface area contributed by atoms with Crippen molar-refractivity contribution in [3.8, 4) is 0 Å². The van der Waals surface area contributed by atoms with E-state index in [-0.39, 0.29) is 18.3 Å². The third-order valence-corrected chi connectivity index (χ3v) is 3.27. The molecule has 0 aliphatic rings. The van der Waals surface area contributed by atoms with Crippen LogP contribution < -0.4 is 10.6 Å². The highest BCUT2D eigenvalue weighted by Crippen LogP contribution is 2.12. The number of carbonyl (C=O) groups excluding carboxylic acids is 1. The summed E-state index contributed by atoms with van der Waals surface area (Å²) in [5.41, 5.74) is 1.99. The number of hydrogen-bond acceptors (Lipinski definition) is 2. The molecule has 2 N–H and O–H groups in total. The molecule has 0 saturated heterocycles. The molecule has 0 radical (unpaired) electrons. The lowest BCUT2D eigenvalue weighted by atomic mass is 10.1. The van der Waals surface area contributed by atoms with Gasteiger partial charge in [-0.3, -0.25) is 4.79 Å². The summed E-state index contributed by atoms with van der Waals surface area (Å²) >= 11 is 0. The van der Waals surface area contributed by atoms with Crippen LogP contribution in [-0.4, -0.2) is 18.5 Å². The van der Waals surface area contributed by atoms with Gasteiger partial charge in [-0.05, 0) is 31.9 Å². The van der Waals surface area contributed by atoms with Gasteiger partial charge in [0.05, 0.1) is 6.54 Å². The summed E-state index contributed by atoms with van der Waals surface area (Å²) in [6.45, 7) is 6.71. The van der Waals surface area contributed by atoms with E-state index in [9.17, 15) is 4.79 Å². The second-order valence-corrected chi connectivity index (χ2v) is 5.14. The van der Waals surface area contributed by atoms with Crippen molar-refractivity contribution in [1.82, 2.24) is 5.32 Å². The van der Waals surface area contributed by atoms with Gasteiger partial charge in [0.2, 0.25) is 5.91 Å². The SMILES string of the molecule is CCCCCC(C)NCC(=O)Nc1ccccc1C.Cl. The molecule has 0 heterocycles. The fourth-order valence-electron chi connectivity index (χ4n) is 1.98. The minimum absolute atomic E-state index is 0. The third kappa shape index (κ3) is 7.51. The van der Waals surface area contributed by atoms with E-state index in [1.807, 2.05) is 31.2 Å². The lowest BCUT2D eigenvalue weighted by Gasteiger charge is -2.14. The normalized spacial score (nSPS) is 11.6. The zero-order valence-corrected chi connectivity index (χ0v) is 13.6. The van der Waals surface area contributed by atoms with Crippen molar-refractivity contribution < 1.29 is 4.79 Å². The Balaban J connectivity index is 0.00000361. The largest absolute Gasteiger partial charge is 0.325 e. The predicted molar refractivity (Wildman–Crippen MR) is 88.7 cm³/mol. The van der Waals surface area contributed by atoms with Crippen molar-refractivity contribution in [3.63, 3.8) is 0 Å². The molecule has 1 unspecified atom stereocenters. The average Bonchev–Trinajstić information content (AvgIpc) is 2.39. The van der Waals surface area contributed by atoms with Gasteiger partial charge >= 0.3 is 0 Å². The maximum Gasteiger partial charge on any atom is 0.238 e. The highest BCUT2D eigenvalue weighted by Gasteiger charge is 2.06. The van der Waals surface area contributed by atoms with Gasteiger partial charge in [0.1, 0.15) is 0 Å². The first-order valence-electron chi connectivity index (χ1n) is 7.22. The summed E-state index contributed by atoms with van der Waals surface area (Å²) < 4.78 is 0. The van der Waals surface area contributed by atoms with E-state index in [4.69, 9.17) is 0 Å². The molecule has 0 aliphatic heterocycles. The van der Waals surface area contributed by atoms with Crippen LogP contribution in [0.25, 0.3) is 0 Å². The topological polar surface area (TPSA) is 41.1 Å². The number of hydrogen-bond donors (Lipinski definition) is 2. The number of unbranched alkanes of at least 4 members (excludes halogenated alkanes) is 2. The monoisotopic (exact) mass is 298 g/mol. The molecule has 1 aromatic carbocycles. The highest BCUT2D eigenvalue weighted by molar-refractivity contribution is 5.92. The Kier molecular flexibility index (Phi) is 10.1. The van der Waals surface area contributed by atoms with E-state index in [1.165, 1.54) is 19.3 Å². The number of benzene rings is 1. The molecular weight excluding hydrogens is 272 g/mol. The molecule has 0 aliphatic carbocycles. The zero-order valence-electron chi connectivity index (χ0n) is 12.7. The summed E-state index contributed by atoms with van der Waals surface area (Å²) in [5, 5.41) is 6.20.